The Labute approximate surface area is 165 Å². The Morgan fingerprint density at radius 1 is 0.586 bits per heavy atom. The largest absolute Gasteiger partial charge is 0.504 e. The van der Waals surface area contributed by atoms with Crippen molar-refractivity contribution in [3.8, 4) is 34.5 Å². The second kappa shape index (κ2) is 8.66. The normalized spacial score (nSPS) is 9.97. The lowest BCUT2D eigenvalue weighted by atomic mass is 10.0. The summed E-state index contributed by atoms with van der Waals surface area (Å²) in [5.41, 5.74) is 0.338. The van der Waals surface area contributed by atoms with E-state index in [4.69, 9.17) is 20.4 Å². The highest BCUT2D eigenvalue weighted by molar-refractivity contribution is 6.11. The van der Waals surface area contributed by atoms with Crippen molar-refractivity contribution in [1.82, 2.24) is 0 Å². The number of ketones is 2. The van der Waals surface area contributed by atoms with E-state index >= 15 is 0 Å². The van der Waals surface area contributed by atoms with Gasteiger partial charge in [0.25, 0.3) is 0 Å². The van der Waals surface area contributed by atoms with E-state index in [2.05, 4.69) is 0 Å². The first-order valence-corrected chi connectivity index (χ1v) is 8.23. The Morgan fingerprint density at radius 2 is 1.03 bits per heavy atom. The van der Waals surface area contributed by atoms with Crippen LogP contribution in [0.5, 0.6) is 34.5 Å². The van der Waals surface area contributed by atoms with Crippen LogP contribution in [0.15, 0.2) is 54.6 Å². The van der Waals surface area contributed by atoms with Gasteiger partial charge in [-0.15, -0.1) is 0 Å². The molecule has 0 radical (unpaired) electrons. The average molecular weight is 398 g/mol. The van der Waals surface area contributed by atoms with E-state index in [-0.39, 0.29) is 16.9 Å². The van der Waals surface area contributed by atoms with Crippen LogP contribution in [0.2, 0.25) is 0 Å². The number of benzene rings is 3. The molecule has 3 rings (SSSR count). The molecule has 0 aliphatic rings. The van der Waals surface area contributed by atoms with Gasteiger partial charge in [0, 0.05) is 5.56 Å². The van der Waals surface area contributed by atoms with Crippen LogP contribution < -0.4 is 0 Å². The molecule has 0 atom stereocenters. The predicted octanol–water partition coefficient (Wildman–Crippen LogP) is 3.04. The second-order valence-corrected chi connectivity index (χ2v) is 5.91. The van der Waals surface area contributed by atoms with Gasteiger partial charge in [0.1, 0.15) is 0 Å². The molecule has 0 heterocycles. The Morgan fingerprint density at radius 3 is 1.52 bits per heavy atom. The number of carbonyl (C=O) groups excluding carboxylic acids is 2. The average Bonchev–Trinajstić information content (AvgIpc) is 2.71. The van der Waals surface area contributed by atoms with E-state index in [0.717, 1.165) is 12.1 Å². The molecular weight excluding hydrogens is 380 g/mol. The first-order valence-electron chi connectivity index (χ1n) is 8.23. The third kappa shape index (κ3) is 4.56. The molecule has 0 amide bonds. The van der Waals surface area contributed by atoms with Crippen LogP contribution in [0.25, 0.3) is 0 Å². The van der Waals surface area contributed by atoms with Crippen molar-refractivity contribution in [2.75, 3.05) is 0 Å². The molecule has 0 bridgehead atoms. The molecule has 3 aromatic carbocycles. The summed E-state index contributed by atoms with van der Waals surface area (Å²) in [5, 5.41) is 55.1. The Kier molecular flexibility index (Phi) is 6.30. The van der Waals surface area contributed by atoms with Gasteiger partial charge < -0.3 is 30.6 Å². The summed E-state index contributed by atoms with van der Waals surface area (Å²) in [4.78, 5) is 22.8. The van der Waals surface area contributed by atoms with Crippen LogP contribution >= 0.6 is 0 Å². The lowest BCUT2D eigenvalue weighted by Gasteiger charge is -2.06. The number of hydrogen-bond acceptors (Lipinski definition) is 8. The fraction of sp³-hybridized carbons (Fsp3) is 0.0476. The molecule has 29 heavy (non-hydrogen) atoms. The van der Waals surface area contributed by atoms with Crippen molar-refractivity contribution in [2.24, 2.45) is 0 Å². The van der Waals surface area contributed by atoms with Crippen LogP contribution in [0.1, 0.15) is 33.2 Å². The van der Waals surface area contributed by atoms with Crippen molar-refractivity contribution in [3.05, 3.63) is 71.3 Å². The highest BCUT2D eigenvalue weighted by atomic mass is 16.3. The third-order valence-electron chi connectivity index (χ3n) is 3.92. The zero-order chi connectivity index (χ0) is 21.7. The summed E-state index contributed by atoms with van der Waals surface area (Å²) in [5.74, 6) is -4.25. The minimum atomic E-state index is -0.688. The molecule has 0 unspecified atom stereocenters. The van der Waals surface area contributed by atoms with Gasteiger partial charge in [-0.3, -0.25) is 9.59 Å². The molecule has 8 heteroatoms. The summed E-state index contributed by atoms with van der Waals surface area (Å²) in [6, 6.07) is 13.2. The molecule has 6 N–H and O–H groups in total. The molecule has 0 aromatic heterocycles. The van der Waals surface area contributed by atoms with Crippen LogP contribution in [-0.2, 0) is 0 Å². The number of Topliss-reactive ketones (excluding diaryl/α,β-unsaturated/α-hetero) is 1. The van der Waals surface area contributed by atoms with Crippen LogP contribution in [0, 0.1) is 0 Å². The monoisotopic (exact) mass is 398 g/mol. The molecular formula is C21H18O8. The highest BCUT2D eigenvalue weighted by Crippen LogP contribution is 2.38. The Hall–Kier alpha value is -4.20. The molecule has 3 aromatic rings. The van der Waals surface area contributed by atoms with Crippen molar-refractivity contribution in [2.45, 2.75) is 6.92 Å². The minimum Gasteiger partial charge on any atom is -0.504 e. The standard InChI is InChI=1S/C13H10O4.C8H8O4/c14-10-7-6-9(12(16)13(10)17)11(15)8-4-2-1-3-5-8;1-4(9)5-2-3-6(10)8(12)7(5)11/h1-7,14,16-17H;2-3,10-12H,1H3. The van der Waals surface area contributed by atoms with E-state index in [0.29, 0.717) is 5.56 Å². The summed E-state index contributed by atoms with van der Waals surface area (Å²) in [6.45, 7) is 1.26. The van der Waals surface area contributed by atoms with Gasteiger partial charge in [-0.05, 0) is 31.2 Å². The molecule has 0 saturated carbocycles. The number of phenolic OH excluding ortho intramolecular Hbond substituents is 6. The van der Waals surface area contributed by atoms with Crippen LogP contribution in [-0.4, -0.2) is 42.2 Å². The molecule has 0 aliphatic carbocycles. The first-order chi connectivity index (χ1) is 13.6. The van der Waals surface area contributed by atoms with Gasteiger partial charge in [0.05, 0.1) is 11.1 Å². The van der Waals surface area contributed by atoms with E-state index in [1.54, 1.807) is 30.3 Å². The summed E-state index contributed by atoms with van der Waals surface area (Å²) in [7, 11) is 0. The molecule has 0 saturated heterocycles. The number of carbonyl (C=O) groups is 2. The molecule has 0 spiro atoms. The first kappa shape index (κ1) is 21.1. The van der Waals surface area contributed by atoms with E-state index in [9.17, 15) is 19.8 Å². The summed E-state index contributed by atoms with van der Waals surface area (Å²) in [6.07, 6.45) is 0. The second-order valence-electron chi connectivity index (χ2n) is 5.91. The fourth-order valence-electron chi connectivity index (χ4n) is 2.35. The molecule has 0 fully saturated rings. The number of rotatable bonds is 3. The predicted molar refractivity (Wildman–Crippen MR) is 103 cm³/mol. The zero-order valence-electron chi connectivity index (χ0n) is 15.2. The lowest BCUT2D eigenvalue weighted by Crippen LogP contribution is -2.01. The number of hydrogen-bond donors (Lipinski definition) is 6. The quantitative estimate of drug-likeness (QED) is 0.290. The van der Waals surface area contributed by atoms with Crippen molar-refractivity contribution >= 4 is 11.6 Å². The van der Waals surface area contributed by atoms with Gasteiger partial charge in [0.2, 0.25) is 11.5 Å². The molecule has 0 aliphatic heterocycles. The van der Waals surface area contributed by atoms with Gasteiger partial charge in [-0.2, -0.15) is 0 Å². The third-order valence-corrected chi connectivity index (χ3v) is 3.92. The topological polar surface area (TPSA) is 156 Å². The fourth-order valence-corrected chi connectivity index (χ4v) is 2.35. The summed E-state index contributed by atoms with van der Waals surface area (Å²) >= 11 is 0. The van der Waals surface area contributed by atoms with Gasteiger partial charge in [-0.1, -0.05) is 30.3 Å². The van der Waals surface area contributed by atoms with E-state index < -0.39 is 40.3 Å². The van der Waals surface area contributed by atoms with E-state index in [1.807, 2.05) is 0 Å². The maximum Gasteiger partial charge on any atom is 0.201 e. The van der Waals surface area contributed by atoms with E-state index in [1.165, 1.54) is 19.1 Å². The number of aromatic hydroxyl groups is 6. The number of phenols is 6. The molecule has 8 nitrogen and oxygen atoms in total. The Balaban J connectivity index is 0.000000221. The van der Waals surface area contributed by atoms with Gasteiger partial charge in [-0.25, -0.2) is 0 Å². The molecule has 150 valence electrons. The van der Waals surface area contributed by atoms with Crippen molar-refractivity contribution in [1.29, 1.82) is 0 Å². The van der Waals surface area contributed by atoms with Crippen molar-refractivity contribution in [3.63, 3.8) is 0 Å². The minimum absolute atomic E-state index is 0.00898. The summed E-state index contributed by atoms with van der Waals surface area (Å²) < 4.78 is 0. The maximum absolute atomic E-state index is 12.0. The van der Waals surface area contributed by atoms with Crippen LogP contribution in [0.4, 0.5) is 0 Å². The van der Waals surface area contributed by atoms with Gasteiger partial charge >= 0.3 is 0 Å². The van der Waals surface area contributed by atoms with Gasteiger partial charge in [0.15, 0.2) is 34.6 Å². The Bertz CT molecular complexity index is 1060. The maximum atomic E-state index is 12.0. The lowest BCUT2D eigenvalue weighted by molar-refractivity contribution is 0.101. The van der Waals surface area contributed by atoms with Crippen LogP contribution in [0.3, 0.4) is 0 Å². The van der Waals surface area contributed by atoms with Crippen molar-refractivity contribution < 1.29 is 40.2 Å². The smallest absolute Gasteiger partial charge is 0.201 e. The highest BCUT2D eigenvalue weighted by Gasteiger charge is 2.18. The SMILES string of the molecule is CC(=O)c1ccc(O)c(O)c1O.O=C(c1ccccc1)c1ccc(O)c(O)c1O. The zero-order valence-corrected chi connectivity index (χ0v) is 15.2.